The topological polar surface area (TPSA) is 102 Å². The van der Waals surface area contributed by atoms with E-state index in [-0.39, 0.29) is 11.1 Å². The van der Waals surface area contributed by atoms with E-state index >= 15 is 0 Å². The molecule has 0 aromatic rings. The smallest absolute Gasteiger partial charge is 0.145 e. The van der Waals surface area contributed by atoms with Gasteiger partial charge in [0.25, 0.3) is 0 Å². The third-order valence-corrected chi connectivity index (χ3v) is 2.45. The molecule has 0 N–H and O–H groups in total. The number of hydrogen-bond acceptors (Lipinski definition) is 6. The molecule has 0 bridgehead atoms. The molecule has 0 unspecified atom stereocenters. The van der Waals surface area contributed by atoms with Crippen LogP contribution in [0.4, 0.5) is 0 Å². The quantitative estimate of drug-likeness (QED) is 0.648. The van der Waals surface area contributed by atoms with E-state index in [9.17, 15) is 0 Å². The first-order valence-electron chi connectivity index (χ1n) is 5.25. The lowest BCUT2D eigenvalue weighted by molar-refractivity contribution is 0.217. The largest absolute Gasteiger partial charge is 0.372 e. The highest BCUT2D eigenvalue weighted by Crippen LogP contribution is 2.06. The van der Waals surface area contributed by atoms with Crippen LogP contribution in [0.5, 0.6) is 0 Å². The summed E-state index contributed by atoms with van der Waals surface area (Å²) in [5.41, 5.74) is 0.155. The van der Waals surface area contributed by atoms with E-state index in [0.717, 1.165) is 0 Å². The minimum absolute atomic E-state index is 0.0775. The molecule has 1 rings (SSSR count). The van der Waals surface area contributed by atoms with Crippen LogP contribution in [0.1, 0.15) is 0 Å². The van der Waals surface area contributed by atoms with Gasteiger partial charge >= 0.3 is 0 Å². The SMILES string of the molecule is N#CC(C#N)=CN1CCN(C=C(C#N)C#N)CC1. The number of rotatable bonds is 2. The Kier molecular flexibility index (Phi) is 4.80. The minimum atomic E-state index is 0.0775. The Balaban J connectivity index is 2.59. The van der Waals surface area contributed by atoms with E-state index in [1.54, 1.807) is 0 Å². The first-order chi connectivity index (χ1) is 8.73. The molecular weight excluding hydrogens is 228 g/mol. The molecule has 6 heteroatoms. The van der Waals surface area contributed by atoms with Gasteiger partial charge in [0.15, 0.2) is 0 Å². The van der Waals surface area contributed by atoms with Gasteiger partial charge in [-0.15, -0.1) is 0 Å². The van der Waals surface area contributed by atoms with Crippen molar-refractivity contribution in [2.75, 3.05) is 26.2 Å². The number of piperazine rings is 1. The highest BCUT2D eigenvalue weighted by molar-refractivity contribution is 5.35. The molecule has 6 nitrogen and oxygen atoms in total. The molecule has 0 aromatic carbocycles. The molecule has 1 heterocycles. The van der Waals surface area contributed by atoms with Crippen molar-refractivity contribution in [2.45, 2.75) is 0 Å². The number of nitrogens with zero attached hydrogens (tertiary/aromatic N) is 6. The second-order valence-corrected chi connectivity index (χ2v) is 3.60. The first-order valence-corrected chi connectivity index (χ1v) is 5.25. The van der Waals surface area contributed by atoms with Crippen molar-refractivity contribution in [3.8, 4) is 24.3 Å². The second kappa shape index (κ2) is 6.59. The highest BCUT2D eigenvalue weighted by atomic mass is 15.2. The van der Waals surface area contributed by atoms with Gasteiger partial charge < -0.3 is 9.80 Å². The molecule has 0 radical (unpaired) electrons. The van der Waals surface area contributed by atoms with Crippen LogP contribution in [0, 0.1) is 45.3 Å². The summed E-state index contributed by atoms with van der Waals surface area (Å²) in [4.78, 5) is 3.76. The molecule has 88 valence electrons. The molecule has 1 fully saturated rings. The molecule has 1 aliphatic rings. The Morgan fingerprint density at radius 1 is 0.667 bits per heavy atom. The monoisotopic (exact) mass is 238 g/mol. The van der Waals surface area contributed by atoms with Crippen molar-refractivity contribution in [1.29, 1.82) is 21.0 Å². The standard InChI is InChI=1S/C12H10N6/c13-5-11(6-14)9-17-1-2-18(4-3-17)10-12(7-15)8-16/h9-10H,1-4H2. The van der Waals surface area contributed by atoms with Gasteiger partial charge in [-0.1, -0.05) is 0 Å². The summed E-state index contributed by atoms with van der Waals surface area (Å²) in [7, 11) is 0. The number of hydrogen-bond donors (Lipinski definition) is 0. The fraction of sp³-hybridized carbons (Fsp3) is 0.333. The summed E-state index contributed by atoms with van der Waals surface area (Å²) in [6, 6.07) is 7.23. The van der Waals surface area contributed by atoms with Crippen LogP contribution in [-0.2, 0) is 0 Å². The first kappa shape index (κ1) is 13.1. The van der Waals surface area contributed by atoms with Gasteiger partial charge in [0.2, 0.25) is 0 Å². The Labute approximate surface area is 105 Å². The average Bonchev–Trinajstić information content (AvgIpc) is 2.43. The molecule has 0 spiro atoms. The molecule has 1 aliphatic heterocycles. The van der Waals surface area contributed by atoms with Crippen LogP contribution in [0.3, 0.4) is 0 Å². The molecule has 0 aliphatic carbocycles. The van der Waals surface area contributed by atoms with E-state index in [0.29, 0.717) is 26.2 Å². The van der Waals surface area contributed by atoms with Crippen molar-refractivity contribution in [3.63, 3.8) is 0 Å². The normalized spacial score (nSPS) is 13.3. The van der Waals surface area contributed by atoms with Crippen LogP contribution in [0.2, 0.25) is 0 Å². The van der Waals surface area contributed by atoms with Crippen molar-refractivity contribution >= 4 is 0 Å². The van der Waals surface area contributed by atoms with Crippen molar-refractivity contribution in [1.82, 2.24) is 9.80 Å². The predicted molar refractivity (Wildman–Crippen MR) is 61.8 cm³/mol. The summed E-state index contributed by atoms with van der Waals surface area (Å²) in [6.07, 6.45) is 3.08. The van der Waals surface area contributed by atoms with Gasteiger partial charge in [0.05, 0.1) is 0 Å². The zero-order chi connectivity index (χ0) is 13.4. The second-order valence-electron chi connectivity index (χ2n) is 3.60. The highest BCUT2D eigenvalue weighted by Gasteiger charge is 2.13. The van der Waals surface area contributed by atoms with Gasteiger partial charge in [-0.05, 0) is 0 Å². The Morgan fingerprint density at radius 2 is 0.944 bits per heavy atom. The van der Waals surface area contributed by atoms with Gasteiger partial charge in [-0.25, -0.2) is 0 Å². The summed E-state index contributed by atoms with van der Waals surface area (Å²) in [5, 5.41) is 34.5. The summed E-state index contributed by atoms with van der Waals surface area (Å²) in [6.45, 7) is 2.59. The molecule has 1 saturated heterocycles. The van der Waals surface area contributed by atoms with E-state index in [2.05, 4.69) is 0 Å². The zero-order valence-electron chi connectivity index (χ0n) is 9.67. The molecule has 0 atom stereocenters. The van der Waals surface area contributed by atoms with Gasteiger partial charge in [-0.3, -0.25) is 0 Å². The molecule has 18 heavy (non-hydrogen) atoms. The minimum Gasteiger partial charge on any atom is -0.372 e. The van der Waals surface area contributed by atoms with Crippen molar-refractivity contribution in [3.05, 3.63) is 23.5 Å². The zero-order valence-corrected chi connectivity index (χ0v) is 9.67. The fourth-order valence-electron chi connectivity index (χ4n) is 1.53. The molecule has 0 amide bonds. The maximum atomic E-state index is 8.63. The average molecular weight is 238 g/mol. The summed E-state index contributed by atoms with van der Waals surface area (Å²) < 4.78 is 0. The van der Waals surface area contributed by atoms with E-state index < -0.39 is 0 Å². The third-order valence-electron chi connectivity index (χ3n) is 2.45. The predicted octanol–water partition coefficient (Wildman–Crippen LogP) is 0.466. The molecule has 0 saturated carbocycles. The van der Waals surface area contributed by atoms with Gasteiger partial charge in [-0.2, -0.15) is 21.0 Å². The van der Waals surface area contributed by atoms with Crippen LogP contribution < -0.4 is 0 Å². The lowest BCUT2D eigenvalue weighted by Gasteiger charge is -2.33. The van der Waals surface area contributed by atoms with Gasteiger partial charge in [0, 0.05) is 38.6 Å². The molecular formula is C12H10N6. The molecule has 0 aromatic heterocycles. The lowest BCUT2D eigenvalue weighted by atomic mass is 10.2. The van der Waals surface area contributed by atoms with Crippen molar-refractivity contribution < 1.29 is 0 Å². The summed E-state index contributed by atoms with van der Waals surface area (Å²) >= 11 is 0. The van der Waals surface area contributed by atoms with E-state index in [1.165, 1.54) is 12.4 Å². The third kappa shape index (κ3) is 3.56. The maximum absolute atomic E-state index is 8.63. The number of nitriles is 4. The van der Waals surface area contributed by atoms with Crippen LogP contribution >= 0.6 is 0 Å². The Morgan fingerprint density at radius 3 is 1.17 bits per heavy atom. The lowest BCUT2D eigenvalue weighted by Crippen LogP contribution is -2.41. The van der Waals surface area contributed by atoms with Crippen LogP contribution in [-0.4, -0.2) is 36.0 Å². The Bertz CT molecular complexity index is 441. The van der Waals surface area contributed by atoms with Crippen LogP contribution in [0.15, 0.2) is 23.5 Å². The fourth-order valence-corrected chi connectivity index (χ4v) is 1.53. The van der Waals surface area contributed by atoms with E-state index in [4.69, 9.17) is 21.0 Å². The van der Waals surface area contributed by atoms with E-state index in [1.807, 2.05) is 34.1 Å². The van der Waals surface area contributed by atoms with Crippen LogP contribution in [0.25, 0.3) is 0 Å². The maximum Gasteiger partial charge on any atom is 0.145 e. The Hall–Kier alpha value is -2.96. The van der Waals surface area contributed by atoms with Crippen molar-refractivity contribution in [2.24, 2.45) is 0 Å². The number of allylic oxidation sites excluding steroid dienone is 2. The van der Waals surface area contributed by atoms with Gasteiger partial charge in [0.1, 0.15) is 35.4 Å². The summed E-state index contributed by atoms with van der Waals surface area (Å²) in [5.74, 6) is 0.